The average Bonchev–Trinajstić information content (AvgIpc) is 3.26. The van der Waals surface area contributed by atoms with Crippen LogP contribution in [-0.4, -0.2) is 16.8 Å². The van der Waals surface area contributed by atoms with E-state index >= 15 is 0 Å². The van der Waals surface area contributed by atoms with Crippen molar-refractivity contribution in [3.8, 4) is 0 Å². The average molecular weight is 371 g/mol. The van der Waals surface area contributed by atoms with Crippen LogP contribution in [0.25, 0.3) is 10.9 Å². The second-order valence-electron chi connectivity index (χ2n) is 6.29. The van der Waals surface area contributed by atoms with E-state index in [0.717, 1.165) is 16.5 Å². The Morgan fingerprint density at radius 2 is 1.71 bits per heavy atom. The number of anilines is 2. The van der Waals surface area contributed by atoms with E-state index in [-0.39, 0.29) is 17.6 Å². The van der Waals surface area contributed by atoms with Gasteiger partial charge in [-0.1, -0.05) is 6.07 Å². The fourth-order valence-corrected chi connectivity index (χ4v) is 2.92. The molecule has 2 heterocycles. The van der Waals surface area contributed by atoms with Crippen molar-refractivity contribution >= 4 is 34.1 Å². The Labute approximate surface area is 161 Å². The van der Waals surface area contributed by atoms with Gasteiger partial charge in [-0.2, -0.15) is 0 Å². The van der Waals surface area contributed by atoms with Crippen molar-refractivity contribution in [2.24, 2.45) is 0 Å². The minimum absolute atomic E-state index is 0.224. The van der Waals surface area contributed by atoms with E-state index in [2.05, 4.69) is 15.6 Å². The maximum Gasteiger partial charge on any atom is 0.291 e. The number of carbonyl (C=O) groups is 2. The molecule has 4 rings (SSSR count). The summed E-state index contributed by atoms with van der Waals surface area (Å²) < 4.78 is 5.06. The molecule has 2 aromatic heterocycles. The summed E-state index contributed by atoms with van der Waals surface area (Å²) in [6.45, 7) is 1.98. The molecule has 6 heteroatoms. The van der Waals surface area contributed by atoms with Crippen LogP contribution in [0.1, 0.15) is 26.5 Å². The van der Waals surface area contributed by atoms with Gasteiger partial charge in [0, 0.05) is 22.8 Å². The van der Waals surface area contributed by atoms with Crippen LogP contribution in [0, 0.1) is 6.92 Å². The lowest BCUT2D eigenvalue weighted by atomic mass is 10.1. The molecule has 0 radical (unpaired) electrons. The minimum Gasteiger partial charge on any atom is -0.459 e. The highest BCUT2D eigenvalue weighted by atomic mass is 16.3. The quantitative estimate of drug-likeness (QED) is 0.547. The lowest BCUT2D eigenvalue weighted by molar-refractivity contribution is 0.0995. The SMILES string of the molecule is Cc1ccc(NC(=O)c2ccc(NC(=O)c3ccco3)cc2)c2cccnc12. The van der Waals surface area contributed by atoms with Crippen molar-refractivity contribution in [2.45, 2.75) is 6.92 Å². The van der Waals surface area contributed by atoms with Gasteiger partial charge in [-0.25, -0.2) is 0 Å². The standard InChI is InChI=1S/C22H17N3O3/c1-14-6-11-18(17-4-2-12-23-20(14)17)25-21(26)15-7-9-16(10-8-15)24-22(27)19-5-3-13-28-19/h2-13H,1H3,(H,24,27)(H,25,26). The van der Waals surface area contributed by atoms with Crippen LogP contribution in [0.4, 0.5) is 11.4 Å². The second kappa shape index (κ2) is 7.36. The number of hydrogen-bond donors (Lipinski definition) is 2. The van der Waals surface area contributed by atoms with Gasteiger partial charge in [-0.15, -0.1) is 0 Å². The first-order valence-corrected chi connectivity index (χ1v) is 8.72. The highest BCUT2D eigenvalue weighted by Crippen LogP contribution is 2.25. The first-order chi connectivity index (χ1) is 13.6. The Balaban J connectivity index is 1.50. The zero-order valence-electron chi connectivity index (χ0n) is 15.1. The van der Waals surface area contributed by atoms with E-state index in [1.165, 1.54) is 6.26 Å². The Bertz CT molecular complexity index is 1150. The zero-order valence-corrected chi connectivity index (χ0v) is 15.1. The molecule has 0 atom stereocenters. The number of pyridine rings is 1. The maximum absolute atomic E-state index is 12.6. The highest BCUT2D eigenvalue weighted by Gasteiger charge is 2.12. The van der Waals surface area contributed by atoms with E-state index in [1.54, 1.807) is 42.6 Å². The molecular formula is C22H17N3O3. The van der Waals surface area contributed by atoms with Gasteiger partial charge in [0.15, 0.2) is 5.76 Å². The summed E-state index contributed by atoms with van der Waals surface area (Å²) in [5.74, 6) is -0.361. The Kier molecular flexibility index (Phi) is 4.60. The van der Waals surface area contributed by atoms with Crippen LogP contribution in [0.5, 0.6) is 0 Å². The van der Waals surface area contributed by atoms with Crippen molar-refractivity contribution in [3.63, 3.8) is 0 Å². The molecule has 28 heavy (non-hydrogen) atoms. The van der Waals surface area contributed by atoms with Gasteiger partial charge in [-0.3, -0.25) is 14.6 Å². The molecule has 6 nitrogen and oxygen atoms in total. The van der Waals surface area contributed by atoms with Gasteiger partial charge >= 0.3 is 0 Å². The van der Waals surface area contributed by atoms with Gasteiger partial charge in [0.2, 0.25) is 0 Å². The van der Waals surface area contributed by atoms with Gasteiger partial charge < -0.3 is 15.1 Å². The van der Waals surface area contributed by atoms with Crippen LogP contribution in [0.2, 0.25) is 0 Å². The summed E-state index contributed by atoms with van der Waals surface area (Å²) in [5, 5.41) is 6.53. The molecule has 2 N–H and O–H groups in total. The largest absolute Gasteiger partial charge is 0.459 e. The predicted octanol–water partition coefficient (Wildman–Crippen LogP) is 4.64. The summed E-state index contributed by atoms with van der Waals surface area (Å²) in [7, 11) is 0. The van der Waals surface area contributed by atoms with Gasteiger partial charge in [0.1, 0.15) is 0 Å². The lowest BCUT2D eigenvalue weighted by Crippen LogP contribution is -2.13. The summed E-state index contributed by atoms with van der Waals surface area (Å²) in [5.41, 5.74) is 3.66. The first-order valence-electron chi connectivity index (χ1n) is 8.72. The van der Waals surface area contributed by atoms with E-state index in [1.807, 2.05) is 31.2 Å². The molecule has 2 amide bonds. The fourth-order valence-electron chi connectivity index (χ4n) is 2.92. The second-order valence-corrected chi connectivity index (χ2v) is 6.29. The number of aryl methyl sites for hydroxylation is 1. The molecule has 0 aliphatic carbocycles. The van der Waals surface area contributed by atoms with E-state index in [4.69, 9.17) is 4.42 Å². The first kappa shape index (κ1) is 17.5. The third-order valence-corrected chi connectivity index (χ3v) is 4.37. The van der Waals surface area contributed by atoms with E-state index in [0.29, 0.717) is 16.9 Å². The van der Waals surface area contributed by atoms with Crippen molar-refractivity contribution in [3.05, 3.63) is 90.0 Å². The number of nitrogens with one attached hydrogen (secondary N) is 2. The predicted molar refractivity (Wildman–Crippen MR) is 108 cm³/mol. The number of nitrogens with zero attached hydrogens (tertiary/aromatic N) is 1. The molecule has 0 fully saturated rings. The number of rotatable bonds is 4. The molecule has 0 bridgehead atoms. The van der Waals surface area contributed by atoms with Crippen LogP contribution in [-0.2, 0) is 0 Å². The number of carbonyl (C=O) groups excluding carboxylic acids is 2. The minimum atomic E-state index is -0.346. The molecule has 4 aromatic rings. The van der Waals surface area contributed by atoms with Crippen molar-refractivity contribution < 1.29 is 14.0 Å². The van der Waals surface area contributed by atoms with Crippen LogP contribution in [0.15, 0.2) is 77.5 Å². The number of fused-ring (bicyclic) bond motifs is 1. The zero-order chi connectivity index (χ0) is 19.5. The summed E-state index contributed by atoms with van der Waals surface area (Å²) in [4.78, 5) is 29.0. The van der Waals surface area contributed by atoms with Gasteiger partial charge in [-0.05, 0) is 67.1 Å². The normalized spacial score (nSPS) is 10.6. The van der Waals surface area contributed by atoms with Crippen LogP contribution < -0.4 is 10.6 Å². The molecular weight excluding hydrogens is 354 g/mol. The molecule has 2 aromatic carbocycles. The maximum atomic E-state index is 12.6. The summed E-state index contributed by atoms with van der Waals surface area (Å²) in [6, 6.07) is 17.4. The molecule has 0 unspecified atom stereocenters. The van der Waals surface area contributed by atoms with Crippen molar-refractivity contribution in [2.75, 3.05) is 10.6 Å². The van der Waals surface area contributed by atoms with Crippen LogP contribution in [0.3, 0.4) is 0 Å². The number of benzene rings is 2. The Morgan fingerprint density at radius 1 is 0.893 bits per heavy atom. The fraction of sp³-hybridized carbons (Fsp3) is 0.0455. The molecule has 138 valence electrons. The topological polar surface area (TPSA) is 84.2 Å². The molecule has 0 aliphatic rings. The van der Waals surface area contributed by atoms with Crippen LogP contribution >= 0.6 is 0 Å². The molecule has 0 saturated carbocycles. The third kappa shape index (κ3) is 3.48. The summed E-state index contributed by atoms with van der Waals surface area (Å²) in [6.07, 6.45) is 3.17. The van der Waals surface area contributed by atoms with E-state index in [9.17, 15) is 9.59 Å². The highest BCUT2D eigenvalue weighted by molar-refractivity contribution is 6.09. The van der Waals surface area contributed by atoms with Crippen molar-refractivity contribution in [1.82, 2.24) is 4.98 Å². The lowest BCUT2D eigenvalue weighted by Gasteiger charge is -2.10. The number of amides is 2. The van der Waals surface area contributed by atoms with E-state index < -0.39 is 0 Å². The van der Waals surface area contributed by atoms with Gasteiger partial charge in [0.05, 0.1) is 17.5 Å². The molecule has 0 aliphatic heterocycles. The van der Waals surface area contributed by atoms with Crippen molar-refractivity contribution in [1.29, 1.82) is 0 Å². The number of hydrogen-bond acceptors (Lipinski definition) is 4. The van der Waals surface area contributed by atoms with Gasteiger partial charge in [0.25, 0.3) is 11.8 Å². The number of aromatic nitrogens is 1. The Hall–Kier alpha value is -3.93. The molecule has 0 saturated heterocycles. The smallest absolute Gasteiger partial charge is 0.291 e. The Morgan fingerprint density at radius 3 is 2.46 bits per heavy atom. The number of furan rings is 1. The monoisotopic (exact) mass is 371 g/mol. The molecule has 0 spiro atoms. The third-order valence-electron chi connectivity index (χ3n) is 4.37. The summed E-state index contributed by atoms with van der Waals surface area (Å²) >= 11 is 0.